The van der Waals surface area contributed by atoms with Gasteiger partial charge in [0.15, 0.2) is 6.29 Å². The SMILES string of the molecule is O=Cc1nc(-c2ccc(Cl)c(Cl)c2)n2ccccc12. The van der Waals surface area contributed by atoms with Crippen LogP contribution < -0.4 is 0 Å². The quantitative estimate of drug-likeness (QED) is 0.665. The second-order valence-electron chi connectivity index (χ2n) is 4.02. The van der Waals surface area contributed by atoms with E-state index in [-0.39, 0.29) is 0 Å². The average Bonchev–Trinajstić information content (AvgIpc) is 2.81. The molecule has 0 spiro atoms. The zero-order valence-electron chi connectivity index (χ0n) is 9.68. The molecule has 0 amide bonds. The Labute approximate surface area is 119 Å². The van der Waals surface area contributed by atoms with E-state index in [1.54, 1.807) is 12.1 Å². The third-order valence-corrected chi connectivity index (χ3v) is 3.61. The van der Waals surface area contributed by atoms with Crippen LogP contribution in [0.2, 0.25) is 10.0 Å². The molecule has 0 unspecified atom stereocenters. The second kappa shape index (κ2) is 4.68. The molecule has 0 fully saturated rings. The number of hydrogen-bond acceptors (Lipinski definition) is 2. The molecule has 3 rings (SSSR count). The van der Waals surface area contributed by atoms with Crippen molar-refractivity contribution in [1.82, 2.24) is 9.38 Å². The Morgan fingerprint density at radius 3 is 2.68 bits per heavy atom. The number of carbonyl (C=O) groups is 1. The molecule has 1 aromatic carbocycles. The lowest BCUT2D eigenvalue weighted by Gasteiger charge is -2.02. The van der Waals surface area contributed by atoms with Crippen molar-refractivity contribution in [3.05, 3.63) is 58.3 Å². The van der Waals surface area contributed by atoms with Crippen LogP contribution in [-0.2, 0) is 0 Å². The van der Waals surface area contributed by atoms with E-state index in [2.05, 4.69) is 4.98 Å². The fourth-order valence-electron chi connectivity index (χ4n) is 1.99. The Morgan fingerprint density at radius 1 is 1.11 bits per heavy atom. The average molecular weight is 291 g/mol. The van der Waals surface area contributed by atoms with Gasteiger partial charge < -0.3 is 0 Å². The Kier molecular flexibility index (Phi) is 3.01. The first-order valence-corrected chi connectivity index (χ1v) is 6.34. The first-order chi connectivity index (χ1) is 9.20. The highest BCUT2D eigenvalue weighted by atomic mass is 35.5. The van der Waals surface area contributed by atoms with Gasteiger partial charge in [-0.3, -0.25) is 9.20 Å². The molecule has 0 saturated heterocycles. The molecule has 3 aromatic rings. The van der Waals surface area contributed by atoms with Gasteiger partial charge in [0.25, 0.3) is 0 Å². The van der Waals surface area contributed by atoms with Gasteiger partial charge in [0.05, 0.1) is 15.6 Å². The monoisotopic (exact) mass is 290 g/mol. The number of benzene rings is 1. The van der Waals surface area contributed by atoms with Crippen LogP contribution in [0.15, 0.2) is 42.6 Å². The normalized spacial score (nSPS) is 10.8. The molecule has 3 nitrogen and oxygen atoms in total. The number of carbonyl (C=O) groups excluding carboxylic acids is 1. The van der Waals surface area contributed by atoms with Crippen LogP contribution in [0.5, 0.6) is 0 Å². The van der Waals surface area contributed by atoms with Gasteiger partial charge in [-0.05, 0) is 30.3 Å². The minimum atomic E-state index is 0.404. The predicted molar refractivity (Wildman–Crippen MR) is 76.0 cm³/mol. The zero-order valence-corrected chi connectivity index (χ0v) is 11.2. The van der Waals surface area contributed by atoms with Gasteiger partial charge in [0.1, 0.15) is 11.5 Å². The fourth-order valence-corrected chi connectivity index (χ4v) is 2.29. The summed E-state index contributed by atoms with van der Waals surface area (Å²) >= 11 is 11.9. The molecule has 0 aliphatic carbocycles. The fraction of sp³-hybridized carbons (Fsp3) is 0. The molecule has 0 radical (unpaired) electrons. The summed E-state index contributed by atoms with van der Waals surface area (Å²) in [7, 11) is 0. The molecule has 0 bridgehead atoms. The maximum atomic E-state index is 11.1. The molecule has 2 heterocycles. The number of imidazole rings is 1. The first kappa shape index (κ1) is 12.2. The van der Waals surface area contributed by atoms with E-state index >= 15 is 0 Å². The van der Waals surface area contributed by atoms with E-state index < -0.39 is 0 Å². The highest BCUT2D eigenvalue weighted by Gasteiger charge is 2.12. The van der Waals surface area contributed by atoms with E-state index in [1.165, 1.54) is 0 Å². The summed E-state index contributed by atoms with van der Waals surface area (Å²) in [6.07, 6.45) is 2.60. The number of aromatic nitrogens is 2. The Hall–Kier alpha value is -1.84. The van der Waals surface area contributed by atoms with Gasteiger partial charge >= 0.3 is 0 Å². The first-order valence-electron chi connectivity index (χ1n) is 5.58. The topological polar surface area (TPSA) is 34.4 Å². The van der Waals surface area contributed by atoms with Gasteiger partial charge in [0.2, 0.25) is 0 Å². The summed E-state index contributed by atoms with van der Waals surface area (Å²) < 4.78 is 1.85. The van der Waals surface area contributed by atoms with Crippen LogP contribution >= 0.6 is 23.2 Å². The molecule has 19 heavy (non-hydrogen) atoms. The summed E-state index contributed by atoms with van der Waals surface area (Å²) in [4.78, 5) is 15.4. The maximum Gasteiger partial charge on any atom is 0.170 e. The third kappa shape index (κ3) is 2.01. The third-order valence-electron chi connectivity index (χ3n) is 2.87. The van der Waals surface area contributed by atoms with Gasteiger partial charge in [-0.1, -0.05) is 29.3 Å². The molecule has 0 saturated carbocycles. The van der Waals surface area contributed by atoms with Crippen LogP contribution in [0.3, 0.4) is 0 Å². The summed E-state index contributed by atoms with van der Waals surface area (Å²) in [6, 6.07) is 10.9. The lowest BCUT2D eigenvalue weighted by Crippen LogP contribution is -1.88. The van der Waals surface area contributed by atoms with Gasteiger partial charge in [0, 0.05) is 11.8 Å². The number of hydrogen-bond donors (Lipinski definition) is 0. The summed E-state index contributed by atoms with van der Waals surface area (Å²) in [6.45, 7) is 0. The van der Waals surface area contributed by atoms with Crippen LogP contribution in [0, 0.1) is 0 Å². The molecule has 94 valence electrons. The standard InChI is InChI=1S/C14H8Cl2N2O/c15-10-5-4-9(7-11(10)16)14-17-12(8-19)13-3-1-2-6-18(13)14/h1-8H. The number of nitrogens with zero attached hydrogens (tertiary/aromatic N) is 2. The smallest absolute Gasteiger partial charge is 0.170 e. The van der Waals surface area contributed by atoms with Crippen molar-refractivity contribution in [3.63, 3.8) is 0 Å². The summed E-state index contributed by atoms with van der Waals surface area (Å²) in [5.41, 5.74) is 1.98. The molecular weight excluding hydrogens is 283 g/mol. The van der Waals surface area contributed by atoms with Crippen molar-refractivity contribution in [2.24, 2.45) is 0 Å². The minimum absolute atomic E-state index is 0.404. The van der Waals surface area contributed by atoms with Gasteiger partial charge in [-0.25, -0.2) is 4.98 Å². The number of fused-ring (bicyclic) bond motifs is 1. The number of pyridine rings is 1. The van der Waals surface area contributed by atoms with Gasteiger partial charge in [-0.2, -0.15) is 0 Å². The van der Waals surface area contributed by atoms with Crippen LogP contribution in [0.4, 0.5) is 0 Å². The van der Waals surface area contributed by atoms with Crippen LogP contribution in [0.1, 0.15) is 10.5 Å². The second-order valence-corrected chi connectivity index (χ2v) is 4.84. The Bertz CT molecular complexity index is 780. The molecule has 0 N–H and O–H groups in total. The van der Waals surface area contributed by atoms with E-state index in [0.717, 1.165) is 17.4 Å². The van der Waals surface area contributed by atoms with E-state index in [4.69, 9.17) is 23.2 Å². The van der Waals surface area contributed by atoms with Crippen molar-refractivity contribution in [2.45, 2.75) is 0 Å². The van der Waals surface area contributed by atoms with Crippen molar-refractivity contribution in [1.29, 1.82) is 0 Å². The largest absolute Gasteiger partial charge is 0.299 e. The Balaban J connectivity index is 2.30. The maximum absolute atomic E-state index is 11.1. The van der Waals surface area contributed by atoms with Crippen molar-refractivity contribution in [2.75, 3.05) is 0 Å². The van der Waals surface area contributed by atoms with Crippen molar-refractivity contribution >= 4 is 35.0 Å². The van der Waals surface area contributed by atoms with Crippen molar-refractivity contribution < 1.29 is 4.79 Å². The number of rotatable bonds is 2. The molecule has 0 aliphatic rings. The van der Waals surface area contributed by atoms with Crippen LogP contribution in [-0.4, -0.2) is 15.7 Å². The molecule has 2 aromatic heterocycles. The van der Waals surface area contributed by atoms with E-state index in [9.17, 15) is 4.79 Å². The molecule has 0 atom stereocenters. The van der Waals surface area contributed by atoms with Crippen molar-refractivity contribution in [3.8, 4) is 11.4 Å². The molecule has 0 aliphatic heterocycles. The van der Waals surface area contributed by atoms with Gasteiger partial charge in [-0.15, -0.1) is 0 Å². The lowest BCUT2D eigenvalue weighted by atomic mass is 10.2. The zero-order chi connectivity index (χ0) is 13.4. The highest BCUT2D eigenvalue weighted by molar-refractivity contribution is 6.42. The van der Waals surface area contributed by atoms with E-state index in [1.807, 2.05) is 34.9 Å². The predicted octanol–water partition coefficient (Wildman–Crippen LogP) is 4.12. The lowest BCUT2D eigenvalue weighted by molar-refractivity contribution is 0.112. The Morgan fingerprint density at radius 2 is 1.95 bits per heavy atom. The van der Waals surface area contributed by atoms with E-state index in [0.29, 0.717) is 21.6 Å². The van der Waals surface area contributed by atoms with Crippen LogP contribution in [0.25, 0.3) is 16.9 Å². The number of halogens is 2. The molecule has 5 heteroatoms. The highest BCUT2D eigenvalue weighted by Crippen LogP contribution is 2.29. The number of aldehydes is 1. The summed E-state index contributed by atoms with van der Waals surface area (Å²) in [5.74, 6) is 0.663. The molecular formula is C14H8Cl2N2O. The summed E-state index contributed by atoms with van der Waals surface area (Å²) in [5, 5.41) is 0.946. The minimum Gasteiger partial charge on any atom is -0.299 e.